The molecule has 3 heterocycles. The van der Waals surface area contributed by atoms with Gasteiger partial charge in [0.2, 0.25) is 11.9 Å². The molecular weight excluding hydrogens is 313 g/mol. The van der Waals surface area contributed by atoms with E-state index in [0.717, 1.165) is 18.4 Å². The van der Waals surface area contributed by atoms with Crippen LogP contribution < -0.4 is 5.32 Å². The number of hydrogen-bond donors (Lipinski definition) is 2. The molecule has 1 amide bonds. The van der Waals surface area contributed by atoms with Crippen molar-refractivity contribution in [3.63, 3.8) is 0 Å². The number of likely N-dealkylation sites (tertiary alicyclic amines) is 1. The van der Waals surface area contributed by atoms with E-state index < -0.39 is 12.0 Å². The third kappa shape index (κ3) is 3.58. The van der Waals surface area contributed by atoms with Gasteiger partial charge >= 0.3 is 6.09 Å². The van der Waals surface area contributed by atoms with E-state index >= 15 is 0 Å². The number of hydrogen-bond acceptors (Lipinski definition) is 5. The van der Waals surface area contributed by atoms with Gasteiger partial charge in [0.15, 0.2) is 0 Å². The maximum absolute atomic E-state index is 13.9. The van der Waals surface area contributed by atoms with E-state index in [0.29, 0.717) is 30.3 Å². The first-order valence-electron chi connectivity index (χ1n) is 7.73. The van der Waals surface area contributed by atoms with Crippen LogP contribution in [0.5, 0.6) is 0 Å². The zero-order chi connectivity index (χ0) is 17.1. The highest BCUT2D eigenvalue weighted by molar-refractivity contribution is 5.65. The summed E-state index contributed by atoms with van der Waals surface area (Å²) in [6.07, 6.45) is 3.69. The van der Waals surface area contributed by atoms with Crippen molar-refractivity contribution in [1.82, 2.24) is 19.9 Å². The van der Waals surface area contributed by atoms with Gasteiger partial charge in [-0.15, -0.1) is 0 Å². The average Bonchev–Trinajstić information content (AvgIpc) is 2.57. The number of carboxylic acid groups (broad SMARTS) is 1. The molecule has 126 valence electrons. The lowest BCUT2D eigenvalue weighted by atomic mass is 10.1. The third-order valence-corrected chi connectivity index (χ3v) is 3.93. The minimum Gasteiger partial charge on any atom is -0.465 e. The first-order chi connectivity index (χ1) is 11.5. The van der Waals surface area contributed by atoms with Crippen LogP contribution >= 0.6 is 0 Å². The van der Waals surface area contributed by atoms with Gasteiger partial charge in [-0.05, 0) is 37.5 Å². The van der Waals surface area contributed by atoms with Crippen molar-refractivity contribution in [2.45, 2.75) is 25.8 Å². The third-order valence-electron chi connectivity index (χ3n) is 3.93. The van der Waals surface area contributed by atoms with Crippen LogP contribution in [0.1, 0.15) is 18.4 Å². The highest BCUT2D eigenvalue weighted by Crippen LogP contribution is 2.22. The Morgan fingerprint density at radius 1 is 1.46 bits per heavy atom. The number of halogens is 1. The minimum atomic E-state index is -0.927. The summed E-state index contributed by atoms with van der Waals surface area (Å²) < 4.78 is 13.9. The van der Waals surface area contributed by atoms with Gasteiger partial charge in [-0.2, -0.15) is 4.39 Å². The van der Waals surface area contributed by atoms with Crippen molar-refractivity contribution in [3.8, 4) is 11.3 Å². The van der Waals surface area contributed by atoms with E-state index in [-0.39, 0.29) is 6.04 Å². The molecule has 1 unspecified atom stereocenters. The van der Waals surface area contributed by atoms with Gasteiger partial charge in [-0.3, -0.25) is 0 Å². The summed E-state index contributed by atoms with van der Waals surface area (Å²) in [5.41, 5.74) is 1.59. The Morgan fingerprint density at radius 3 is 3.08 bits per heavy atom. The molecular formula is C16H18FN5O2. The molecule has 3 rings (SSSR count). The molecule has 0 spiro atoms. The van der Waals surface area contributed by atoms with E-state index in [1.807, 2.05) is 6.92 Å². The molecule has 0 aromatic carbocycles. The highest BCUT2D eigenvalue weighted by Gasteiger charge is 2.23. The van der Waals surface area contributed by atoms with Crippen LogP contribution in [0, 0.1) is 12.9 Å². The Bertz CT molecular complexity index is 755. The molecule has 1 fully saturated rings. The number of rotatable bonds is 3. The van der Waals surface area contributed by atoms with Crippen molar-refractivity contribution in [2.24, 2.45) is 0 Å². The zero-order valence-electron chi connectivity index (χ0n) is 13.2. The second kappa shape index (κ2) is 6.77. The van der Waals surface area contributed by atoms with Gasteiger partial charge in [0.05, 0.1) is 11.3 Å². The molecule has 0 aliphatic carbocycles. The Labute approximate surface area is 138 Å². The summed E-state index contributed by atoms with van der Waals surface area (Å²) in [6.45, 7) is 2.75. The van der Waals surface area contributed by atoms with Crippen LogP contribution in [-0.2, 0) is 0 Å². The Kier molecular flexibility index (Phi) is 4.54. The number of pyridine rings is 1. The zero-order valence-corrected chi connectivity index (χ0v) is 13.2. The van der Waals surface area contributed by atoms with Gasteiger partial charge in [0.25, 0.3) is 0 Å². The standard InChI is InChI=1S/C16H18FN5O2/c1-10-7-12(14(17)19-8-10)13-4-5-18-15(21-13)20-11-3-2-6-22(9-11)16(23)24/h4-5,7-8,11H,2-3,6,9H2,1H3,(H,23,24)(H,18,20,21). The van der Waals surface area contributed by atoms with Crippen molar-refractivity contribution in [3.05, 3.63) is 36.0 Å². The quantitative estimate of drug-likeness (QED) is 0.840. The fourth-order valence-corrected chi connectivity index (χ4v) is 2.76. The number of nitrogens with zero attached hydrogens (tertiary/aromatic N) is 4. The lowest BCUT2D eigenvalue weighted by molar-refractivity contribution is 0.132. The van der Waals surface area contributed by atoms with Crippen molar-refractivity contribution >= 4 is 12.0 Å². The lowest BCUT2D eigenvalue weighted by Gasteiger charge is -2.31. The molecule has 1 atom stereocenters. The van der Waals surface area contributed by atoms with E-state index in [1.54, 1.807) is 18.3 Å². The fraction of sp³-hybridized carbons (Fsp3) is 0.375. The Balaban J connectivity index is 1.78. The van der Waals surface area contributed by atoms with E-state index in [4.69, 9.17) is 5.11 Å². The molecule has 2 aromatic rings. The van der Waals surface area contributed by atoms with Gasteiger partial charge in [0, 0.05) is 31.5 Å². The predicted octanol–water partition coefficient (Wildman–Crippen LogP) is 2.54. The highest BCUT2D eigenvalue weighted by atomic mass is 19.1. The van der Waals surface area contributed by atoms with Gasteiger partial charge in [-0.1, -0.05) is 0 Å². The van der Waals surface area contributed by atoms with Crippen molar-refractivity contribution < 1.29 is 14.3 Å². The lowest BCUT2D eigenvalue weighted by Crippen LogP contribution is -2.44. The predicted molar refractivity (Wildman–Crippen MR) is 86.2 cm³/mol. The minimum absolute atomic E-state index is 0.0643. The molecule has 2 N–H and O–H groups in total. The Hall–Kier alpha value is -2.77. The summed E-state index contributed by atoms with van der Waals surface area (Å²) >= 11 is 0. The topological polar surface area (TPSA) is 91.2 Å². The molecule has 2 aromatic heterocycles. The average molecular weight is 331 g/mol. The van der Waals surface area contributed by atoms with Crippen LogP contribution in [0.3, 0.4) is 0 Å². The summed E-state index contributed by atoms with van der Waals surface area (Å²) in [4.78, 5) is 24.7. The first-order valence-corrected chi connectivity index (χ1v) is 7.73. The van der Waals surface area contributed by atoms with E-state index in [9.17, 15) is 9.18 Å². The maximum Gasteiger partial charge on any atom is 0.407 e. The number of nitrogens with one attached hydrogen (secondary N) is 1. The maximum atomic E-state index is 13.9. The largest absolute Gasteiger partial charge is 0.465 e. The number of aryl methyl sites for hydroxylation is 1. The molecule has 1 aliphatic heterocycles. The monoisotopic (exact) mass is 331 g/mol. The molecule has 1 saturated heterocycles. The molecule has 1 aliphatic rings. The normalized spacial score (nSPS) is 17.6. The number of anilines is 1. The Morgan fingerprint density at radius 2 is 2.29 bits per heavy atom. The molecule has 0 radical (unpaired) electrons. The smallest absolute Gasteiger partial charge is 0.407 e. The first kappa shape index (κ1) is 16.1. The second-order valence-electron chi connectivity index (χ2n) is 5.83. The second-order valence-corrected chi connectivity index (χ2v) is 5.83. The molecule has 8 heteroatoms. The molecule has 7 nitrogen and oxygen atoms in total. The summed E-state index contributed by atoms with van der Waals surface area (Å²) in [5, 5.41) is 12.2. The number of aromatic nitrogens is 3. The summed E-state index contributed by atoms with van der Waals surface area (Å²) in [6, 6.07) is 3.24. The van der Waals surface area contributed by atoms with Crippen LogP contribution in [-0.4, -0.2) is 50.2 Å². The van der Waals surface area contributed by atoms with E-state index in [1.165, 1.54) is 11.1 Å². The number of carbonyl (C=O) groups is 1. The van der Waals surface area contributed by atoms with Crippen LogP contribution in [0.4, 0.5) is 15.1 Å². The van der Waals surface area contributed by atoms with Gasteiger partial charge < -0.3 is 15.3 Å². The molecule has 24 heavy (non-hydrogen) atoms. The molecule has 0 bridgehead atoms. The SMILES string of the molecule is Cc1cnc(F)c(-c2ccnc(NC3CCCN(C(=O)O)C3)n2)c1. The van der Waals surface area contributed by atoms with Gasteiger partial charge in [0.1, 0.15) is 0 Å². The fourth-order valence-electron chi connectivity index (χ4n) is 2.76. The summed E-state index contributed by atoms with van der Waals surface area (Å²) in [5.74, 6) is -0.231. The van der Waals surface area contributed by atoms with Crippen LogP contribution in [0.15, 0.2) is 24.5 Å². The molecule has 0 saturated carbocycles. The van der Waals surface area contributed by atoms with Crippen molar-refractivity contribution in [2.75, 3.05) is 18.4 Å². The number of piperidine rings is 1. The summed E-state index contributed by atoms with van der Waals surface area (Å²) in [7, 11) is 0. The van der Waals surface area contributed by atoms with E-state index in [2.05, 4.69) is 20.3 Å². The van der Waals surface area contributed by atoms with Crippen LogP contribution in [0.25, 0.3) is 11.3 Å². The van der Waals surface area contributed by atoms with Gasteiger partial charge in [-0.25, -0.2) is 19.7 Å². The van der Waals surface area contributed by atoms with Crippen LogP contribution in [0.2, 0.25) is 0 Å². The number of amides is 1. The van der Waals surface area contributed by atoms with Crippen molar-refractivity contribution in [1.29, 1.82) is 0 Å².